The zero-order chi connectivity index (χ0) is 23.2. The molecule has 0 spiro atoms. The summed E-state index contributed by atoms with van der Waals surface area (Å²) in [5, 5.41) is 12.0. The van der Waals surface area contributed by atoms with Crippen LogP contribution < -0.4 is 15.6 Å². The predicted molar refractivity (Wildman–Crippen MR) is 111 cm³/mol. The Balaban J connectivity index is 2.03. The van der Waals surface area contributed by atoms with Crippen LogP contribution in [0, 0.1) is 23.3 Å². The van der Waals surface area contributed by atoms with E-state index in [1.165, 1.54) is 4.90 Å². The first-order chi connectivity index (χ1) is 15.2. The number of likely N-dealkylation sites (N-methyl/N-ethyl adjacent to an activating group) is 1. The Morgan fingerprint density at radius 2 is 1.94 bits per heavy atom. The molecule has 168 valence electrons. The number of anilines is 1. The zero-order valence-corrected chi connectivity index (χ0v) is 17.0. The molecule has 0 bridgehead atoms. The van der Waals surface area contributed by atoms with Crippen molar-refractivity contribution < 1.29 is 27.5 Å². The van der Waals surface area contributed by atoms with Crippen LogP contribution in [0.2, 0.25) is 0 Å². The van der Waals surface area contributed by atoms with Gasteiger partial charge in [-0.2, -0.15) is 0 Å². The molecule has 1 aliphatic rings. The summed E-state index contributed by atoms with van der Waals surface area (Å²) < 4.78 is 59.5. The fourth-order valence-electron chi connectivity index (χ4n) is 4.13. The summed E-state index contributed by atoms with van der Waals surface area (Å²) in [5.74, 6) is -5.81. The van der Waals surface area contributed by atoms with E-state index >= 15 is 8.78 Å². The first-order valence-electron chi connectivity index (χ1n) is 9.97. The van der Waals surface area contributed by atoms with Gasteiger partial charge < -0.3 is 19.9 Å². The van der Waals surface area contributed by atoms with E-state index < -0.39 is 56.8 Å². The Morgan fingerprint density at radius 3 is 2.59 bits per heavy atom. The monoisotopic (exact) mass is 449 g/mol. The van der Waals surface area contributed by atoms with Crippen LogP contribution in [0.25, 0.3) is 16.6 Å². The maximum atomic E-state index is 15.8. The van der Waals surface area contributed by atoms with Crippen LogP contribution in [-0.2, 0) is 0 Å². The number of hydrogen-bond donors (Lipinski definition) is 2. The standard InChI is InChI=1S/C22H19F4N3O3/c1-2-27-12-5-6-28(9-12)20-16(25)8-13-19(18(20)26)29(10-14(21(13)30)22(31)32)17-4-3-11(23)7-15(17)24/h3-4,7-8,10,12,27H,2,5-6,9H2,1H3,(H,31,32). The molecule has 1 atom stereocenters. The van der Waals surface area contributed by atoms with Gasteiger partial charge in [-0.05, 0) is 31.2 Å². The largest absolute Gasteiger partial charge is 0.477 e. The zero-order valence-electron chi connectivity index (χ0n) is 17.0. The summed E-state index contributed by atoms with van der Waals surface area (Å²) in [6.45, 7) is 3.26. The van der Waals surface area contributed by atoms with Gasteiger partial charge in [0.1, 0.15) is 28.7 Å². The van der Waals surface area contributed by atoms with Crippen LogP contribution in [0.3, 0.4) is 0 Å². The third-order valence-electron chi connectivity index (χ3n) is 5.55. The van der Waals surface area contributed by atoms with E-state index in [0.29, 0.717) is 32.1 Å². The van der Waals surface area contributed by atoms with Crippen molar-refractivity contribution in [1.82, 2.24) is 9.88 Å². The molecule has 2 N–H and O–H groups in total. The van der Waals surface area contributed by atoms with E-state index in [4.69, 9.17) is 0 Å². The number of carbonyl (C=O) groups is 1. The maximum Gasteiger partial charge on any atom is 0.341 e. The van der Waals surface area contributed by atoms with E-state index in [1.54, 1.807) is 0 Å². The minimum atomic E-state index is -1.65. The number of benzene rings is 2. The average Bonchev–Trinajstić information content (AvgIpc) is 3.17. The van der Waals surface area contributed by atoms with Gasteiger partial charge >= 0.3 is 5.97 Å². The molecule has 3 aromatic rings. The number of halogens is 4. The summed E-state index contributed by atoms with van der Waals surface area (Å²) in [4.78, 5) is 25.7. The topological polar surface area (TPSA) is 74.6 Å². The highest BCUT2D eigenvalue weighted by molar-refractivity contribution is 5.94. The highest BCUT2D eigenvalue weighted by Crippen LogP contribution is 2.33. The number of nitrogens with zero attached hydrogens (tertiary/aromatic N) is 2. The van der Waals surface area contributed by atoms with Crippen molar-refractivity contribution in [2.24, 2.45) is 0 Å². The number of carboxylic acids is 1. The molecule has 10 heteroatoms. The van der Waals surface area contributed by atoms with E-state index in [0.717, 1.165) is 29.0 Å². The van der Waals surface area contributed by atoms with Gasteiger partial charge in [0.15, 0.2) is 5.82 Å². The molecule has 0 amide bonds. The Labute approximate surface area is 179 Å². The van der Waals surface area contributed by atoms with Gasteiger partial charge in [0.2, 0.25) is 5.43 Å². The number of fused-ring (bicyclic) bond motifs is 1. The molecule has 4 rings (SSSR count). The van der Waals surface area contributed by atoms with Gasteiger partial charge in [-0.1, -0.05) is 6.92 Å². The van der Waals surface area contributed by atoms with Gasteiger partial charge in [-0.3, -0.25) is 4.79 Å². The Bertz CT molecular complexity index is 1290. The molecule has 32 heavy (non-hydrogen) atoms. The van der Waals surface area contributed by atoms with Crippen molar-refractivity contribution in [2.45, 2.75) is 19.4 Å². The minimum absolute atomic E-state index is 0.0145. The molecule has 2 aromatic carbocycles. The molecule has 6 nitrogen and oxygen atoms in total. The van der Waals surface area contributed by atoms with Crippen LogP contribution in [0.4, 0.5) is 23.2 Å². The maximum absolute atomic E-state index is 15.8. The second-order valence-corrected chi connectivity index (χ2v) is 7.55. The van der Waals surface area contributed by atoms with Gasteiger partial charge in [-0.25, -0.2) is 22.4 Å². The summed E-state index contributed by atoms with van der Waals surface area (Å²) in [7, 11) is 0. The quantitative estimate of drug-likeness (QED) is 0.584. The lowest BCUT2D eigenvalue weighted by atomic mass is 10.1. The molecule has 0 saturated carbocycles. The summed E-state index contributed by atoms with van der Waals surface area (Å²) in [5.41, 5.74) is -3.18. The van der Waals surface area contributed by atoms with Crippen LogP contribution >= 0.6 is 0 Å². The minimum Gasteiger partial charge on any atom is -0.477 e. The lowest BCUT2D eigenvalue weighted by Gasteiger charge is -2.23. The second-order valence-electron chi connectivity index (χ2n) is 7.55. The van der Waals surface area contributed by atoms with Crippen molar-refractivity contribution >= 4 is 22.6 Å². The third-order valence-corrected chi connectivity index (χ3v) is 5.55. The normalized spacial score (nSPS) is 16.2. The fraction of sp³-hybridized carbons (Fsp3) is 0.273. The van der Waals surface area contributed by atoms with Gasteiger partial charge in [-0.15, -0.1) is 0 Å². The number of hydrogen-bond acceptors (Lipinski definition) is 4. The number of rotatable bonds is 5. The van der Waals surface area contributed by atoms with Crippen LogP contribution in [0.5, 0.6) is 0 Å². The summed E-state index contributed by atoms with van der Waals surface area (Å²) in [6.07, 6.45) is 1.40. The molecule has 1 fully saturated rings. The first-order valence-corrected chi connectivity index (χ1v) is 9.97. The number of pyridine rings is 1. The number of nitrogens with one attached hydrogen (secondary N) is 1. The highest BCUT2D eigenvalue weighted by Gasteiger charge is 2.30. The molecule has 1 aromatic heterocycles. The highest BCUT2D eigenvalue weighted by atomic mass is 19.1. The van der Waals surface area contributed by atoms with E-state index in [-0.39, 0.29) is 11.7 Å². The Hall–Kier alpha value is -3.40. The van der Waals surface area contributed by atoms with Gasteiger partial charge in [0.25, 0.3) is 0 Å². The molecule has 0 radical (unpaired) electrons. The molecule has 1 saturated heterocycles. The van der Waals surface area contributed by atoms with Crippen molar-refractivity contribution in [1.29, 1.82) is 0 Å². The first kappa shape index (κ1) is 21.8. The molecule has 1 unspecified atom stereocenters. The molecular formula is C22H19F4N3O3. The van der Waals surface area contributed by atoms with E-state index in [2.05, 4.69) is 5.32 Å². The Morgan fingerprint density at radius 1 is 1.19 bits per heavy atom. The van der Waals surface area contributed by atoms with Crippen LogP contribution in [0.1, 0.15) is 23.7 Å². The lowest BCUT2D eigenvalue weighted by molar-refractivity contribution is 0.0695. The van der Waals surface area contributed by atoms with E-state index in [9.17, 15) is 23.5 Å². The lowest BCUT2D eigenvalue weighted by Crippen LogP contribution is -2.33. The summed E-state index contributed by atoms with van der Waals surface area (Å²) in [6, 6.07) is 3.22. The third kappa shape index (κ3) is 3.60. The average molecular weight is 449 g/mol. The van der Waals surface area contributed by atoms with Gasteiger partial charge in [0, 0.05) is 31.4 Å². The smallest absolute Gasteiger partial charge is 0.341 e. The number of aromatic carboxylic acids is 1. The molecular weight excluding hydrogens is 430 g/mol. The van der Waals surface area contributed by atoms with Crippen molar-refractivity contribution in [3.63, 3.8) is 0 Å². The van der Waals surface area contributed by atoms with Gasteiger partial charge in [0.05, 0.1) is 16.6 Å². The van der Waals surface area contributed by atoms with Crippen LogP contribution in [0.15, 0.2) is 35.3 Å². The number of carboxylic acid groups (broad SMARTS) is 1. The molecule has 2 heterocycles. The Kier molecular flexibility index (Phi) is 5.64. The SMILES string of the molecule is CCNC1CCN(c2c(F)cc3c(=O)c(C(=O)O)cn(-c4ccc(F)cc4F)c3c2F)C1. The molecule has 1 aliphatic heterocycles. The fourth-order valence-corrected chi connectivity index (χ4v) is 4.13. The second kappa shape index (κ2) is 8.27. The van der Waals surface area contributed by atoms with Crippen molar-refractivity contribution in [3.05, 3.63) is 69.5 Å². The number of aromatic nitrogens is 1. The molecule has 0 aliphatic carbocycles. The van der Waals surface area contributed by atoms with E-state index in [1.807, 2.05) is 6.92 Å². The van der Waals surface area contributed by atoms with Crippen LogP contribution in [-0.4, -0.2) is 41.3 Å². The predicted octanol–water partition coefficient (Wildman–Crippen LogP) is 3.43. The van der Waals surface area contributed by atoms with Crippen molar-refractivity contribution in [2.75, 3.05) is 24.5 Å². The summed E-state index contributed by atoms with van der Waals surface area (Å²) >= 11 is 0. The van der Waals surface area contributed by atoms with Crippen molar-refractivity contribution in [3.8, 4) is 5.69 Å².